The molecular weight excluding hydrogens is 525 g/mol. The Morgan fingerprint density at radius 3 is 1.54 bits per heavy atom. The third kappa shape index (κ3) is 7.38. The van der Waals surface area contributed by atoms with Crippen LogP contribution in [0.4, 0.5) is 17.3 Å². The summed E-state index contributed by atoms with van der Waals surface area (Å²) in [7, 11) is -6.00. The molecule has 0 radical (unpaired) electrons. The first-order chi connectivity index (χ1) is 19.0. The monoisotopic (exact) mass is 569 g/mol. The molecule has 0 fully saturated rings. The molecule has 0 amide bonds. The molecule has 222 valence electrons. The third-order valence-electron chi connectivity index (χ3n) is 7.41. The number of aromatic nitrogens is 3. The summed E-state index contributed by atoms with van der Waals surface area (Å²) in [6.07, 6.45) is 4.22. The van der Waals surface area contributed by atoms with E-state index in [4.69, 9.17) is 4.98 Å². The van der Waals surface area contributed by atoms with Crippen molar-refractivity contribution < 1.29 is 21.8 Å². The van der Waals surface area contributed by atoms with Crippen LogP contribution in [0.2, 0.25) is 0 Å². The quantitative estimate of drug-likeness (QED) is 0.123. The van der Waals surface area contributed by atoms with Gasteiger partial charge in [-0.1, -0.05) is 99.6 Å². The average molecular weight is 570 g/mol. The molecule has 0 saturated heterocycles. The summed E-state index contributed by atoms with van der Waals surface area (Å²) >= 11 is 0. The fourth-order valence-electron chi connectivity index (χ4n) is 5.32. The van der Waals surface area contributed by atoms with E-state index in [1.165, 1.54) is 39.2 Å². The summed E-state index contributed by atoms with van der Waals surface area (Å²) in [4.78, 5) is 4.94. The van der Waals surface area contributed by atoms with Crippen molar-refractivity contribution in [3.8, 4) is 11.4 Å². The van der Waals surface area contributed by atoms with E-state index >= 15 is 0 Å². The normalized spacial score (nSPS) is 12.3. The molecule has 8 heteroatoms. The minimum atomic E-state index is -6.00. The Balaban J connectivity index is 0.000000850. The topological polar surface area (TPSA) is 21.7 Å². The van der Waals surface area contributed by atoms with E-state index in [9.17, 15) is 17.3 Å². The lowest BCUT2D eigenvalue weighted by atomic mass is 9.87. The standard InChI is InChI=1S/C33H44N3.BF4/c1-20(2)25-17-28(23(7)8)32(29(18-25)24(9)10)35-19-36(33-30(35)15-12-16-34-33)31-26(21(3)4)13-11-14-27(31)22(5)6;2-1(3,4)5/h11-24H,1-10H3;/q+1;-1. The number of hydrogen-bond acceptors (Lipinski definition) is 1. The van der Waals surface area contributed by atoms with Crippen LogP contribution in [-0.4, -0.2) is 16.8 Å². The van der Waals surface area contributed by atoms with Gasteiger partial charge < -0.3 is 17.3 Å². The van der Waals surface area contributed by atoms with E-state index < -0.39 is 7.25 Å². The van der Waals surface area contributed by atoms with Gasteiger partial charge in [0.2, 0.25) is 6.33 Å². The van der Waals surface area contributed by atoms with Crippen LogP contribution >= 0.6 is 0 Å². The van der Waals surface area contributed by atoms with Gasteiger partial charge in [0, 0.05) is 0 Å². The van der Waals surface area contributed by atoms with Crippen LogP contribution in [0.15, 0.2) is 55.0 Å². The Hall–Kier alpha value is -3.16. The molecule has 0 bridgehead atoms. The highest BCUT2D eigenvalue weighted by molar-refractivity contribution is 6.50. The molecule has 0 aliphatic carbocycles. The van der Waals surface area contributed by atoms with Crippen LogP contribution in [-0.2, 0) is 0 Å². The average Bonchev–Trinajstić information content (AvgIpc) is 3.25. The van der Waals surface area contributed by atoms with Gasteiger partial charge >= 0.3 is 12.9 Å². The lowest BCUT2D eigenvalue weighted by Gasteiger charge is -2.21. The van der Waals surface area contributed by atoms with E-state index in [0.29, 0.717) is 29.6 Å². The van der Waals surface area contributed by atoms with E-state index in [0.717, 1.165) is 11.2 Å². The molecule has 2 heterocycles. The second-order valence-electron chi connectivity index (χ2n) is 12.3. The van der Waals surface area contributed by atoms with E-state index in [-0.39, 0.29) is 0 Å². The van der Waals surface area contributed by atoms with Gasteiger partial charge in [-0.3, -0.25) is 0 Å². The molecule has 0 N–H and O–H groups in total. The Morgan fingerprint density at radius 2 is 1.12 bits per heavy atom. The fraction of sp³-hybridized carbons (Fsp3) is 0.455. The maximum absolute atomic E-state index is 9.75. The zero-order valence-corrected chi connectivity index (χ0v) is 26.0. The number of pyridine rings is 1. The van der Waals surface area contributed by atoms with Crippen molar-refractivity contribution in [2.24, 2.45) is 0 Å². The maximum Gasteiger partial charge on any atom is 0.673 e. The Bertz CT molecular complexity index is 1420. The molecule has 0 aliphatic heterocycles. The van der Waals surface area contributed by atoms with Crippen LogP contribution < -0.4 is 4.57 Å². The zero-order chi connectivity index (χ0) is 30.8. The SMILES string of the molecule is CC(C)c1cc(C(C)C)c(-n2c[n+](-c3c(C(C)C)cccc3C(C)C)c3ncccc32)c(C(C)C)c1.F[B-](F)(F)F. The van der Waals surface area contributed by atoms with Crippen LogP contribution in [0.25, 0.3) is 22.5 Å². The first kappa shape index (κ1) is 32.4. The molecule has 3 nitrogen and oxygen atoms in total. The van der Waals surface area contributed by atoms with Crippen molar-refractivity contribution in [2.45, 2.75) is 98.8 Å². The highest BCUT2D eigenvalue weighted by Gasteiger charge is 2.28. The van der Waals surface area contributed by atoms with Gasteiger partial charge in [0.25, 0.3) is 0 Å². The second-order valence-corrected chi connectivity index (χ2v) is 12.3. The van der Waals surface area contributed by atoms with E-state index in [1.54, 1.807) is 0 Å². The highest BCUT2D eigenvalue weighted by Crippen LogP contribution is 2.37. The number of benzene rings is 2. The summed E-state index contributed by atoms with van der Waals surface area (Å²) in [5.41, 5.74) is 11.7. The molecule has 2 aromatic carbocycles. The van der Waals surface area contributed by atoms with Crippen molar-refractivity contribution >= 4 is 18.4 Å². The smallest absolute Gasteiger partial charge is 0.418 e. The van der Waals surface area contributed by atoms with Crippen molar-refractivity contribution in [1.82, 2.24) is 9.55 Å². The van der Waals surface area contributed by atoms with E-state index in [1.807, 2.05) is 6.20 Å². The van der Waals surface area contributed by atoms with Gasteiger partial charge in [-0.25, -0.2) is 4.57 Å². The number of hydrogen-bond donors (Lipinski definition) is 0. The van der Waals surface area contributed by atoms with Gasteiger partial charge in [0.05, 0.1) is 0 Å². The van der Waals surface area contributed by atoms with Crippen molar-refractivity contribution in [1.29, 1.82) is 0 Å². The summed E-state index contributed by atoms with van der Waals surface area (Å²) in [6, 6.07) is 15.9. The number of imidazole rings is 1. The minimum absolute atomic E-state index is 0.410. The molecule has 2 aromatic heterocycles. The van der Waals surface area contributed by atoms with Crippen LogP contribution in [0.1, 0.15) is 127 Å². The van der Waals surface area contributed by atoms with Gasteiger partial charge in [-0.2, -0.15) is 4.57 Å². The molecule has 0 spiro atoms. The summed E-state index contributed by atoms with van der Waals surface area (Å²) in [5, 5.41) is 0. The molecule has 4 rings (SSSR count). The minimum Gasteiger partial charge on any atom is -0.418 e. The molecule has 0 unspecified atom stereocenters. The molecule has 0 atom stereocenters. The third-order valence-corrected chi connectivity index (χ3v) is 7.41. The van der Waals surface area contributed by atoms with Crippen molar-refractivity contribution in [3.63, 3.8) is 0 Å². The Morgan fingerprint density at radius 1 is 0.659 bits per heavy atom. The predicted octanol–water partition coefficient (Wildman–Crippen LogP) is 10.2. The van der Waals surface area contributed by atoms with Crippen LogP contribution in [0.5, 0.6) is 0 Å². The second kappa shape index (κ2) is 12.8. The molecule has 0 aliphatic rings. The summed E-state index contributed by atoms with van der Waals surface area (Å²) in [6.45, 7) is 23.0. The van der Waals surface area contributed by atoms with Gasteiger partial charge in [0.15, 0.2) is 5.52 Å². The van der Waals surface area contributed by atoms with E-state index in [2.05, 4.69) is 127 Å². The van der Waals surface area contributed by atoms with Crippen LogP contribution in [0.3, 0.4) is 0 Å². The zero-order valence-electron chi connectivity index (χ0n) is 26.0. The summed E-state index contributed by atoms with van der Waals surface area (Å²) < 4.78 is 43.8. The first-order valence-corrected chi connectivity index (χ1v) is 14.6. The first-order valence-electron chi connectivity index (χ1n) is 14.6. The molecule has 4 aromatic rings. The van der Waals surface area contributed by atoms with Crippen molar-refractivity contribution in [3.05, 3.63) is 82.8 Å². The van der Waals surface area contributed by atoms with Crippen molar-refractivity contribution in [2.75, 3.05) is 0 Å². The molecular formula is C33H44BF4N3. The number of fused-ring (bicyclic) bond motifs is 1. The molecule has 41 heavy (non-hydrogen) atoms. The Labute approximate surface area is 242 Å². The largest absolute Gasteiger partial charge is 0.673 e. The fourth-order valence-corrected chi connectivity index (χ4v) is 5.32. The number of para-hydroxylation sites is 1. The Kier molecular flexibility index (Phi) is 10.1. The van der Waals surface area contributed by atoms with Gasteiger partial charge in [-0.15, -0.1) is 4.98 Å². The van der Waals surface area contributed by atoms with Crippen LogP contribution in [0, 0.1) is 0 Å². The molecule has 0 saturated carbocycles. The lowest BCUT2D eigenvalue weighted by Crippen LogP contribution is -2.33. The number of rotatable bonds is 7. The van der Waals surface area contributed by atoms with Gasteiger partial charge in [0.1, 0.15) is 17.6 Å². The lowest BCUT2D eigenvalue weighted by molar-refractivity contribution is -0.571. The predicted molar refractivity (Wildman–Crippen MR) is 163 cm³/mol. The number of halogens is 4. The van der Waals surface area contributed by atoms with Gasteiger partial charge in [-0.05, 0) is 69.5 Å². The number of nitrogens with zero attached hydrogens (tertiary/aromatic N) is 3. The maximum atomic E-state index is 9.75. The highest BCUT2D eigenvalue weighted by atomic mass is 19.5. The summed E-state index contributed by atoms with van der Waals surface area (Å²) in [5.74, 6) is 2.14.